The van der Waals surface area contributed by atoms with Crippen molar-refractivity contribution in [2.45, 2.75) is 26.9 Å². The number of hydrogen-bond donors (Lipinski definition) is 0. The maximum absolute atomic E-state index is 5.82. The molecule has 0 spiro atoms. The van der Waals surface area contributed by atoms with E-state index in [1.807, 2.05) is 45.0 Å². The summed E-state index contributed by atoms with van der Waals surface area (Å²) >= 11 is 0. The largest absolute Gasteiger partial charge is 0.496 e. The third-order valence-electron chi connectivity index (χ3n) is 2.73. The molecule has 1 aromatic rings. The Hall–Kier alpha value is -1.64. The first-order valence-electron chi connectivity index (χ1n) is 5.63. The summed E-state index contributed by atoms with van der Waals surface area (Å²) in [5.74, 6) is 2.20. The van der Waals surface area contributed by atoms with Gasteiger partial charge in [-0.1, -0.05) is 6.08 Å². The minimum atomic E-state index is 0.0387. The van der Waals surface area contributed by atoms with E-state index in [1.165, 1.54) is 5.57 Å². The minimum Gasteiger partial charge on any atom is -0.496 e. The van der Waals surface area contributed by atoms with Gasteiger partial charge in [0, 0.05) is 18.2 Å². The zero-order valence-corrected chi connectivity index (χ0v) is 11.1. The molecule has 0 aliphatic heterocycles. The molecule has 94 valence electrons. The maximum Gasteiger partial charge on any atom is 0.127 e. The van der Waals surface area contributed by atoms with Gasteiger partial charge in [-0.3, -0.25) is 0 Å². The molecule has 0 saturated carbocycles. The molecular weight excluding hydrogens is 216 g/mol. The normalized spacial score (nSPS) is 13.1. The van der Waals surface area contributed by atoms with Crippen molar-refractivity contribution in [3.63, 3.8) is 0 Å². The zero-order valence-electron chi connectivity index (χ0n) is 11.1. The summed E-state index contributed by atoms with van der Waals surface area (Å²) in [7, 11) is 3.25. The first kappa shape index (κ1) is 13.4. The Balaban J connectivity index is 2.90. The van der Waals surface area contributed by atoms with Gasteiger partial charge in [-0.2, -0.15) is 0 Å². The van der Waals surface area contributed by atoms with Crippen molar-refractivity contribution in [3.8, 4) is 17.2 Å². The number of hydrogen-bond acceptors (Lipinski definition) is 3. The van der Waals surface area contributed by atoms with Crippen molar-refractivity contribution in [1.29, 1.82) is 0 Å². The lowest BCUT2D eigenvalue weighted by molar-refractivity contribution is 0.254. The summed E-state index contributed by atoms with van der Waals surface area (Å²) in [5, 5.41) is 0. The van der Waals surface area contributed by atoms with Gasteiger partial charge in [-0.05, 0) is 26.3 Å². The maximum atomic E-state index is 5.82. The van der Waals surface area contributed by atoms with Crippen LogP contribution in [-0.2, 0) is 0 Å². The number of ether oxygens (including phenoxy) is 3. The molecule has 0 heterocycles. The molecule has 0 fully saturated rings. The average Bonchev–Trinajstić information content (AvgIpc) is 2.36. The Kier molecular flexibility index (Phi) is 4.88. The van der Waals surface area contributed by atoms with E-state index in [0.29, 0.717) is 0 Å². The number of benzene rings is 1. The second-order valence-electron chi connectivity index (χ2n) is 3.84. The van der Waals surface area contributed by atoms with Crippen molar-refractivity contribution >= 4 is 0 Å². The van der Waals surface area contributed by atoms with Gasteiger partial charge in [-0.15, -0.1) is 0 Å². The first-order valence-corrected chi connectivity index (χ1v) is 5.63. The monoisotopic (exact) mass is 236 g/mol. The Labute approximate surface area is 103 Å². The van der Waals surface area contributed by atoms with Crippen LogP contribution in [0.2, 0.25) is 0 Å². The average molecular weight is 236 g/mol. The Bertz CT molecular complexity index is 374. The Morgan fingerprint density at radius 1 is 1.06 bits per heavy atom. The van der Waals surface area contributed by atoms with Gasteiger partial charge >= 0.3 is 0 Å². The molecule has 1 aromatic carbocycles. The molecule has 0 amide bonds. The van der Waals surface area contributed by atoms with E-state index in [1.54, 1.807) is 14.2 Å². The van der Waals surface area contributed by atoms with Gasteiger partial charge in [0.05, 0.1) is 14.2 Å². The fourth-order valence-corrected chi connectivity index (χ4v) is 1.38. The summed E-state index contributed by atoms with van der Waals surface area (Å²) in [5.41, 5.74) is 1.19. The SMILES string of the molecule is CC=C(C)C(C)Oc1cc(OC)cc(OC)c1. The van der Waals surface area contributed by atoms with Gasteiger partial charge in [0.1, 0.15) is 23.4 Å². The third kappa shape index (κ3) is 3.70. The Morgan fingerprint density at radius 3 is 1.94 bits per heavy atom. The fraction of sp³-hybridized carbons (Fsp3) is 0.429. The van der Waals surface area contributed by atoms with E-state index in [-0.39, 0.29) is 6.10 Å². The second kappa shape index (κ2) is 6.18. The second-order valence-corrected chi connectivity index (χ2v) is 3.84. The van der Waals surface area contributed by atoms with Gasteiger partial charge in [0.15, 0.2) is 0 Å². The summed E-state index contributed by atoms with van der Waals surface area (Å²) in [6.45, 7) is 6.06. The molecule has 1 unspecified atom stereocenters. The standard InChI is InChI=1S/C14H20O3/c1-6-10(2)11(3)17-14-8-12(15-4)7-13(9-14)16-5/h6-9,11H,1-5H3. The van der Waals surface area contributed by atoms with Crippen LogP contribution in [-0.4, -0.2) is 20.3 Å². The van der Waals surface area contributed by atoms with E-state index in [4.69, 9.17) is 14.2 Å². The van der Waals surface area contributed by atoms with Gasteiger partial charge in [0.25, 0.3) is 0 Å². The molecule has 0 radical (unpaired) electrons. The van der Waals surface area contributed by atoms with Gasteiger partial charge < -0.3 is 14.2 Å². The van der Waals surface area contributed by atoms with E-state index >= 15 is 0 Å². The smallest absolute Gasteiger partial charge is 0.127 e. The molecular formula is C14H20O3. The van der Waals surface area contributed by atoms with Crippen LogP contribution in [0.4, 0.5) is 0 Å². The highest BCUT2D eigenvalue weighted by atomic mass is 16.5. The topological polar surface area (TPSA) is 27.7 Å². The van der Waals surface area contributed by atoms with Crippen molar-refractivity contribution in [1.82, 2.24) is 0 Å². The van der Waals surface area contributed by atoms with Crippen molar-refractivity contribution < 1.29 is 14.2 Å². The van der Waals surface area contributed by atoms with Crippen LogP contribution in [0.5, 0.6) is 17.2 Å². The molecule has 0 aromatic heterocycles. The summed E-state index contributed by atoms with van der Waals surface area (Å²) in [6, 6.07) is 5.52. The fourth-order valence-electron chi connectivity index (χ4n) is 1.38. The van der Waals surface area contributed by atoms with Crippen LogP contribution in [0.15, 0.2) is 29.8 Å². The zero-order chi connectivity index (χ0) is 12.8. The lowest BCUT2D eigenvalue weighted by Crippen LogP contribution is -2.13. The third-order valence-corrected chi connectivity index (χ3v) is 2.73. The highest BCUT2D eigenvalue weighted by Crippen LogP contribution is 2.28. The van der Waals surface area contributed by atoms with Crippen molar-refractivity contribution in [2.24, 2.45) is 0 Å². The predicted octanol–water partition coefficient (Wildman–Crippen LogP) is 3.44. The lowest BCUT2D eigenvalue weighted by atomic mass is 10.2. The molecule has 3 heteroatoms. The molecule has 1 atom stereocenters. The molecule has 0 N–H and O–H groups in total. The van der Waals surface area contributed by atoms with E-state index in [0.717, 1.165) is 17.2 Å². The van der Waals surface area contributed by atoms with E-state index in [9.17, 15) is 0 Å². The van der Waals surface area contributed by atoms with Crippen molar-refractivity contribution in [2.75, 3.05) is 14.2 Å². The van der Waals surface area contributed by atoms with Crippen LogP contribution in [0.25, 0.3) is 0 Å². The molecule has 3 nitrogen and oxygen atoms in total. The number of allylic oxidation sites excluding steroid dienone is 1. The number of rotatable bonds is 5. The van der Waals surface area contributed by atoms with Gasteiger partial charge in [-0.25, -0.2) is 0 Å². The molecule has 0 saturated heterocycles. The van der Waals surface area contributed by atoms with Crippen LogP contribution in [0.3, 0.4) is 0 Å². The van der Waals surface area contributed by atoms with Crippen LogP contribution >= 0.6 is 0 Å². The molecule has 0 bridgehead atoms. The Morgan fingerprint density at radius 2 is 1.53 bits per heavy atom. The molecule has 0 aliphatic rings. The van der Waals surface area contributed by atoms with E-state index < -0.39 is 0 Å². The first-order chi connectivity index (χ1) is 8.10. The summed E-state index contributed by atoms with van der Waals surface area (Å²) < 4.78 is 16.2. The highest BCUT2D eigenvalue weighted by Gasteiger charge is 2.08. The van der Waals surface area contributed by atoms with Gasteiger partial charge in [0.2, 0.25) is 0 Å². The van der Waals surface area contributed by atoms with E-state index in [2.05, 4.69) is 0 Å². The van der Waals surface area contributed by atoms with Crippen LogP contribution in [0, 0.1) is 0 Å². The number of methoxy groups -OCH3 is 2. The summed E-state index contributed by atoms with van der Waals surface area (Å²) in [4.78, 5) is 0. The molecule has 17 heavy (non-hydrogen) atoms. The highest BCUT2D eigenvalue weighted by molar-refractivity contribution is 5.42. The minimum absolute atomic E-state index is 0.0387. The van der Waals surface area contributed by atoms with Crippen LogP contribution in [0.1, 0.15) is 20.8 Å². The molecule has 0 aliphatic carbocycles. The summed E-state index contributed by atoms with van der Waals surface area (Å²) in [6.07, 6.45) is 2.08. The molecule has 1 rings (SSSR count). The van der Waals surface area contributed by atoms with Crippen molar-refractivity contribution in [3.05, 3.63) is 29.8 Å². The van der Waals surface area contributed by atoms with Crippen LogP contribution < -0.4 is 14.2 Å². The predicted molar refractivity (Wildman–Crippen MR) is 69.1 cm³/mol. The lowest BCUT2D eigenvalue weighted by Gasteiger charge is -2.16. The quantitative estimate of drug-likeness (QED) is 0.733.